The molecule has 8 heteroatoms. The molecule has 0 saturated carbocycles. The molecule has 1 aliphatic heterocycles. The van der Waals surface area contributed by atoms with Crippen molar-refractivity contribution >= 4 is 11.8 Å². The maximum absolute atomic E-state index is 14.1. The minimum atomic E-state index is -0.664. The molecule has 0 radical (unpaired) electrons. The Labute approximate surface area is 161 Å². The Balaban J connectivity index is 1.65. The van der Waals surface area contributed by atoms with Gasteiger partial charge in [0.25, 0.3) is 11.8 Å². The average molecular weight is 390 g/mol. The zero-order valence-electron chi connectivity index (χ0n) is 15.6. The molecule has 1 aliphatic rings. The molecule has 1 fully saturated rings. The van der Waals surface area contributed by atoms with Crippen LogP contribution in [0.25, 0.3) is 0 Å². The summed E-state index contributed by atoms with van der Waals surface area (Å²) in [5.41, 5.74) is -0.108. The lowest BCUT2D eigenvalue weighted by Gasteiger charge is -2.35. The molecule has 0 aromatic heterocycles. The number of hydrogen-bond acceptors (Lipinski definition) is 4. The Morgan fingerprint density at radius 1 is 0.750 bits per heavy atom. The molecular weight excluding hydrogens is 370 g/mol. The van der Waals surface area contributed by atoms with E-state index < -0.39 is 23.4 Å². The van der Waals surface area contributed by atoms with Gasteiger partial charge in [0.05, 0.1) is 25.3 Å². The largest absolute Gasteiger partial charge is 0.497 e. The summed E-state index contributed by atoms with van der Waals surface area (Å²) >= 11 is 0. The van der Waals surface area contributed by atoms with Crippen molar-refractivity contribution in [1.82, 2.24) is 9.80 Å². The number of hydrogen-bond donors (Lipinski definition) is 0. The van der Waals surface area contributed by atoms with Crippen LogP contribution in [0.3, 0.4) is 0 Å². The molecule has 28 heavy (non-hydrogen) atoms. The van der Waals surface area contributed by atoms with Crippen molar-refractivity contribution in [3.05, 3.63) is 59.2 Å². The van der Waals surface area contributed by atoms with E-state index in [4.69, 9.17) is 9.47 Å². The summed E-state index contributed by atoms with van der Waals surface area (Å²) in [5.74, 6) is -1.59. The monoisotopic (exact) mass is 390 g/mol. The van der Waals surface area contributed by atoms with Crippen LogP contribution in [0, 0.1) is 11.6 Å². The molecule has 2 aromatic carbocycles. The highest BCUT2D eigenvalue weighted by molar-refractivity contribution is 5.96. The maximum atomic E-state index is 14.1. The van der Waals surface area contributed by atoms with Gasteiger partial charge in [-0.25, -0.2) is 8.78 Å². The molecule has 2 amide bonds. The van der Waals surface area contributed by atoms with E-state index in [1.807, 2.05) is 0 Å². The van der Waals surface area contributed by atoms with Gasteiger partial charge >= 0.3 is 0 Å². The Bertz CT molecular complexity index is 822. The summed E-state index contributed by atoms with van der Waals surface area (Å²) in [6.07, 6.45) is 0. The average Bonchev–Trinajstić information content (AvgIpc) is 2.72. The minimum absolute atomic E-state index is 0.0539. The van der Waals surface area contributed by atoms with Crippen molar-refractivity contribution in [3.8, 4) is 11.5 Å². The highest BCUT2D eigenvalue weighted by Gasteiger charge is 2.28. The van der Waals surface area contributed by atoms with Crippen LogP contribution < -0.4 is 9.47 Å². The van der Waals surface area contributed by atoms with Gasteiger partial charge in [-0.1, -0.05) is 0 Å². The van der Waals surface area contributed by atoms with E-state index in [1.54, 1.807) is 0 Å². The van der Waals surface area contributed by atoms with Gasteiger partial charge in [0.1, 0.15) is 23.1 Å². The fourth-order valence-electron chi connectivity index (χ4n) is 3.05. The van der Waals surface area contributed by atoms with Crippen LogP contribution in [0.5, 0.6) is 11.5 Å². The Morgan fingerprint density at radius 3 is 1.39 bits per heavy atom. The molecule has 3 rings (SSSR count). The van der Waals surface area contributed by atoms with E-state index in [2.05, 4.69) is 0 Å². The van der Waals surface area contributed by atoms with Crippen LogP contribution in [0.15, 0.2) is 36.4 Å². The number of methoxy groups -OCH3 is 2. The van der Waals surface area contributed by atoms with Crippen LogP contribution in [-0.2, 0) is 0 Å². The molecule has 0 aliphatic carbocycles. The fraction of sp³-hybridized carbons (Fsp3) is 0.300. The van der Waals surface area contributed by atoms with Crippen molar-refractivity contribution in [2.24, 2.45) is 0 Å². The van der Waals surface area contributed by atoms with E-state index in [-0.39, 0.29) is 37.3 Å². The molecule has 148 valence electrons. The van der Waals surface area contributed by atoms with E-state index in [1.165, 1.54) is 48.3 Å². The SMILES string of the molecule is COc1ccc(C(=O)N2CCN(C(=O)c3ccc(OC)cc3F)CC2)c(F)c1. The van der Waals surface area contributed by atoms with Gasteiger partial charge < -0.3 is 19.3 Å². The second-order valence-electron chi connectivity index (χ2n) is 6.28. The molecule has 0 N–H and O–H groups in total. The molecular formula is C20H20F2N2O4. The lowest BCUT2D eigenvalue weighted by atomic mass is 10.1. The molecule has 0 spiro atoms. The van der Waals surface area contributed by atoms with Crippen LogP contribution in [0.2, 0.25) is 0 Å². The quantitative estimate of drug-likeness (QED) is 0.805. The summed E-state index contributed by atoms with van der Waals surface area (Å²) in [7, 11) is 2.83. The van der Waals surface area contributed by atoms with Crippen molar-refractivity contribution in [3.63, 3.8) is 0 Å². The second kappa shape index (κ2) is 8.24. The number of ether oxygens (including phenoxy) is 2. The number of carbonyl (C=O) groups is 2. The van der Waals surface area contributed by atoms with Gasteiger partial charge in [-0.15, -0.1) is 0 Å². The van der Waals surface area contributed by atoms with Crippen molar-refractivity contribution in [2.45, 2.75) is 0 Å². The van der Waals surface area contributed by atoms with Crippen molar-refractivity contribution in [1.29, 1.82) is 0 Å². The molecule has 6 nitrogen and oxygen atoms in total. The van der Waals surface area contributed by atoms with Crippen LogP contribution in [0.4, 0.5) is 8.78 Å². The van der Waals surface area contributed by atoms with Crippen LogP contribution in [0.1, 0.15) is 20.7 Å². The van der Waals surface area contributed by atoms with Gasteiger partial charge in [-0.05, 0) is 24.3 Å². The first kappa shape index (κ1) is 19.6. The lowest BCUT2D eigenvalue weighted by molar-refractivity contribution is 0.0530. The number of carbonyl (C=O) groups excluding carboxylic acids is 2. The predicted octanol–water partition coefficient (Wildman–Crippen LogP) is 2.58. The number of halogens is 2. The van der Waals surface area contributed by atoms with Gasteiger partial charge in [0, 0.05) is 38.3 Å². The van der Waals surface area contributed by atoms with Crippen molar-refractivity contribution < 1.29 is 27.8 Å². The first-order chi connectivity index (χ1) is 13.4. The van der Waals surface area contributed by atoms with Gasteiger partial charge in [0.15, 0.2) is 0 Å². The molecule has 0 bridgehead atoms. The first-order valence-corrected chi connectivity index (χ1v) is 8.70. The summed E-state index contributed by atoms with van der Waals surface area (Å²) in [4.78, 5) is 28.1. The fourth-order valence-corrected chi connectivity index (χ4v) is 3.05. The predicted molar refractivity (Wildman–Crippen MR) is 97.7 cm³/mol. The van der Waals surface area contributed by atoms with E-state index in [0.717, 1.165) is 12.1 Å². The zero-order chi connectivity index (χ0) is 20.3. The topological polar surface area (TPSA) is 59.1 Å². The molecule has 1 heterocycles. The third-order valence-electron chi connectivity index (χ3n) is 4.67. The first-order valence-electron chi connectivity index (χ1n) is 8.70. The summed E-state index contributed by atoms with van der Waals surface area (Å²) in [6.45, 7) is 0.920. The van der Waals surface area contributed by atoms with Crippen LogP contribution >= 0.6 is 0 Å². The van der Waals surface area contributed by atoms with Gasteiger partial charge in [-0.3, -0.25) is 9.59 Å². The van der Waals surface area contributed by atoms with Gasteiger partial charge in [0.2, 0.25) is 0 Å². The molecule has 2 aromatic rings. The number of rotatable bonds is 4. The zero-order valence-corrected chi connectivity index (χ0v) is 15.6. The highest BCUT2D eigenvalue weighted by atomic mass is 19.1. The standard InChI is InChI=1S/C20H20F2N2O4/c1-27-13-3-5-15(17(21)11-13)19(25)23-7-9-24(10-8-23)20(26)16-6-4-14(28-2)12-18(16)22/h3-6,11-12H,7-10H2,1-2H3. The number of piperazine rings is 1. The second-order valence-corrected chi connectivity index (χ2v) is 6.28. The summed E-state index contributed by atoms with van der Waals surface area (Å²) < 4.78 is 38.1. The summed E-state index contributed by atoms with van der Waals surface area (Å²) in [6, 6.07) is 8.09. The maximum Gasteiger partial charge on any atom is 0.256 e. The van der Waals surface area contributed by atoms with E-state index in [9.17, 15) is 18.4 Å². The normalized spacial score (nSPS) is 14.0. The molecule has 1 saturated heterocycles. The minimum Gasteiger partial charge on any atom is -0.497 e. The molecule has 0 unspecified atom stereocenters. The Morgan fingerprint density at radius 2 is 1.11 bits per heavy atom. The third-order valence-corrected chi connectivity index (χ3v) is 4.67. The van der Waals surface area contributed by atoms with Crippen LogP contribution in [-0.4, -0.2) is 62.0 Å². The van der Waals surface area contributed by atoms with E-state index >= 15 is 0 Å². The Kier molecular flexibility index (Phi) is 5.77. The smallest absolute Gasteiger partial charge is 0.256 e. The lowest BCUT2D eigenvalue weighted by Crippen LogP contribution is -2.50. The highest BCUT2D eigenvalue weighted by Crippen LogP contribution is 2.21. The number of benzene rings is 2. The van der Waals surface area contributed by atoms with Crippen molar-refractivity contribution in [2.75, 3.05) is 40.4 Å². The number of nitrogens with zero attached hydrogens (tertiary/aromatic N) is 2. The number of amides is 2. The Hall–Kier alpha value is -3.16. The summed E-state index contributed by atoms with van der Waals surface area (Å²) in [5, 5.41) is 0. The van der Waals surface area contributed by atoms with Gasteiger partial charge in [-0.2, -0.15) is 0 Å². The third kappa shape index (κ3) is 3.90. The van der Waals surface area contributed by atoms with E-state index in [0.29, 0.717) is 11.5 Å². The molecule has 0 atom stereocenters.